The highest BCUT2D eigenvalue weighted by molar-refractivity contribution is 9.10. The Morgan fingerprint density at radius 1 is 1.16 bits per heavy atom. The fourth-order valence-corrected chi connectivity index (χ4v) is 4.72. The van der Waals surface area contributed by atoms with Gasteiger partial charge in [-0.05, 0) is 66.5 Å². The van der Waals surface area contributed by atoms with Gasteiger partial charge in [-0.1, -0.05) is 27.5 Å². The fraction of sp³-hybridized carbons (Fsp3) is 0.190. The lowest BCUT2D eigenvalue weighted by Crippen LogP contribution is -2.44. The molecule has 11 heteroatoms. The number of aryl methyl sites for hydroxylation is 1. The molecule has 0 aliphatic rings. The van der Waals surface area contributed by atoms with Gasteiger partial charge >= 0.3 is 5.69 Å². The molecule has 4 rings (SSSR count). The first-order valence-corrected chi connectivity index (χ1v) is 11.5. The van der Waals surface area contributed by atoms with Crippen molar-refractivity contribution in [1.82, 2.24) is 23.9 Å². The van der Waals surface area contributed by atoms with Crippen LogP contribution in [0.2, 0.25) is 5.02 Å². The predicted octanol–water partition coefficient (Wildman–Crippen LogP) is 4.50. The van der Waals surface area contributed by atoms with Crippen molar-refractivity contribution in [2.75, 3.05) is 0 Å². The van der Waals surface area contributed by atoms with Gasteiger partial charge in [-0.2, -0.15) is 5.10 Å². The maximum absolute atomic E-state index is 13.8. The number of hydrogen-bond donors (Lipinski definition) is 0. The first-order chi connectivity index (χ1) is 15.1. The van der Waals surface area contributed by atoms with Crippen LogP contribution in [0.15, 0.2) is 55.2 Å². The smallest absolute Gasteiger partial charge is 0.268 e. The number of carbonyl (C=O) groups excluding carboxylic acids is 1. The van der Waals surface area contributed by atoms with Crippen LogP contribution < -0.4 is 11.2 Å². The second-order valence-corrected chi connectivity index (χ2v) is 9.52. The molecule has 164 valence electrons. The van der Waals surface area contributed by atoms with Gasteiger partial charge in [0.1, 0.15) is 10.3 Å². The lowest BCUT2D eigenvalue weighted by molar-refractivity contribution is 0.0949. The molecule has 0 saturated heterocycles. The van der Waals surface area contributed by atoms with Crippen molar-refractivity contribution in [2.24, 2.45) is 0 Å². The van der Waals surface area contributed by atoms with Gasteiger partial charge in [-0.25, -0.2) is 19.0 Å². The van der Waals surface area contributed by atoms with Crippen LogP contribution in [-0.4, -0.2) is 29.8 Å². The highest BCUT2D eigenvalue weighted by atomic mass is 79.9. The average molecular weight is 582 g/mol. The summed E-state index contributed by atoms with van der Waals surface area (Å²) in [6, 6.07) is 7.65. The number of pyridine rings is 1. The van der Waals surface area contributed by atoms with E-state index in [4.69, 9.17) is 11.6 Å². The van der Waals surface area contributed by atoms with Crippen molar-refractivity contribution in [3.05, 3.63) is 82.7 Å². The molecule has 4 aromatic rings. The molecule has 3 heterocycles. The van der Waals surface area contributed by atoms with Crippen LogP contribution in [0.25, 0.3) is 16.7 Å². The van der Waals surface area contributed by atoms with Crippen molar-refractivity contribution >= 4 is 60.3 Å². The summed E-state index contributed by atoms with van der Waals surface area (Å²) in [6.07, 6.45) is 1.52. The van der Waals surface area contributed by atoms with Crippen molar-refractivity contribution in [3.63, 3.8) is 0 Å². The summed E-state index contributed by atoms with van der Waals surface area (Å²) >= 11 is 13.0. The highest BCUT2D eigenvalue weighted by Gasteiger charge is 2.26. The summed E-state index contributed by atoms with van der Waals surface area (Å²) in [5.41, 5.74) is -0.313. The third-order valence-corrected chi connectivity index (χ3v) is 6.03. The van der Waals surface area contributed by atoms with Gasteiger partial charge in [0, 0.05) is 22.8 Å². The first kappa shape index (κ1) is 22.6. The minimum absolute atomic E-state index is 0.0529. The van der Waals surface area contributed by atoms with E-state index in [1.807, 2.05) is 0 Å². The van der Waals surface area contributed by atoms with Gasteiger partial charge in [0.05, 0.1) is 15.9 Å². The molecule has 32 heavy (non-hydrogen) atoms. The Hall–Kier alpha value is -2.56. The summed E-state index contributed by atoms with van der Waals surface area (Å²) in [7, 11) is 0. The molecule has 0 unspecified atom stereocenters. The first-order valence-electron chi connectivity index (χ1n) is 9.50. The summed E-state index contributed by atoms with van der Waals surface area (Å²) in [5, 5.41) is 4.81. The summed E-state index contributed by atoms with van der Waals surface area (Å²) in [5.74, 6) is -0.433. The van der Waals surface area contributed by atoms with E-state index < -0.39 is 23.2 Å². The van der Waals surface area contributed by atoms with Crippen molar-refractivity contribution in [1.29, 1.82) is 0 Å². The number of hydrogen-bond acceptors (Lipinski definition) is 5. The van der Waals surface area contributed by atoms with Gasteiger partial charge in [-0.15, -0.1) is 0 Å². The van der Waals surface area contributed by atoms with E-state index in [1.165, 1.54) is 16.9 Å². The molecular weight excluding hydrogens is 566 g/mol. The highest BCUT2D eigenvalue weighted by Crippen LogP contribution is 2.25. The maximum Gasteiger partial charge on any atom is 0.338 e. The number of nitrogens with zero attached hydrogens (tertiary/aromatic N) is 5. The number of benzene rings is 1. The summed E-state index contributed by atoms with van der Waals surface area (Å²) < 4.78 is 4.37. The summed E-state index contributed by atoms with van der Waals surface area (Å²) in [6.45, 7) is 5.16. The molecule has 0 amide bonds. The van der Waals surface area contributed by atoms with E-state index in [2.05, 4.69) is 41.9 Å². The Kier molecular flexibility index (Phi) is 5.95. The Morgan fingerprint density at radius 3 is 2.53 bits per heavy atom. The average Bonchev–Trinajstić information content (AvgIpc) is 3.10. The normalized spacial score (nSPS) is 11.5. The molecule has 0 fully saturated rings. The molecule has 1 aromatic carbocycles. The molecular formula is C21H16Br2ClN5O3. The number of carbonyl (C=O) groups is 1. The molecule has 8 nitrogen and oxygen atoms in total. The SMILES string of the molecule is Cc1cc(Br)cc2c(=O)n(C(C)C)c(=O)n(C(=O)c3cc(Br)nn3-c3ncccc3Cl)c12. The van der Waals surface area contributed by atoms with Crippen LogP contribution in [0.3, 0.4) is 0 Å². The van der Waals surface area contributed by atoms with Gasteiger partial charge in [0.25, 0.3) is 11.5 Å². The quantitative estimate of drug-likeness (QED) is 0.355. The zero-order valence-electron chi connectivity index (χ0n) is 17.1. The third-order valence-electron chi connectivity index (χ3n) is 4.89. The minimum Gasteiger partial charge on any atom is -0.268 e. The van der Waals surface area contributed by atoms with Crippen LogP contribution in [0, 0.1) is 6.92 Å². The lowest BCUT2D eigenvalue weighted by atomic mass is 10.1. The zero-order valence-corrected chi connectivity index (χ0v) is 21.1. The van der Waals surface area contributed by atoms with Gasteiger partial charge < -0.3 is 0 Å². The van der Waals surface area contributed by atoms with E-state index in [9.17, 15) is 14.4 Å². The largest absolute Gasteiger partial charge is 0.338 e. The number of fused-ring (bicyclic) bond motifs is 1. The molecule has 0 aliphatic heterocycles. The lowest BCUT2D eigenvalue weighted by Gasteiger charge is -2.17. The predicted molar refractivity (Wildman–Crippen MR) is 129 cm³/mol. The van der Waals surface area contributed by atoms with Crippen molar-refractivity contribution < 1.29 is 4.79 Å². The molecule has 0 N–H and O–H groups in total. The Balaban J connectivity index is 2.11. The standard InChI is InChI=1S/C21H16Br2ClN5O3/c1-10(2)27-19(30)13-8-12(22)7-11(3)17(13)28(21(27)32)20(31)15-9-16(23)26-29(15)18-14(24)5-4-6-25-18/h4-10H,1-3H3. The van der Waals surface area contributed by atoms with Crippen LogP contribution in [0.1, 0.15) is 35.9 Å². The Morgan fingerprint density at radius 2 is 1.88 bits per heavy atom. The van der Waals surface area contributed by atoms with Crippen molar-refractivity contribution in [3.8, 4) is 5.82 Å². The van der Waals surface area contributed by atoms with E-state index in [0.717, 1.165) is 9.13 Å². The molecule has 0 saturated carbocycles. The second-order valence-electron chi connectivity index (χ2n) is 7.38. The minimum atomic E-state index is -0.732. The number of aromatic nitrogens is 5. The second kappa shape index (κ2) is 8.42. The third kappa shape index (κ3) is 3.66. The number of rotatable bonds is 3. The van der Waals surface area contributed by atoms with Gasteiger partial charge in [-0.3, -0.25) is 14.2 Å². The number of halogens is 3. The van der Waals surface area contributed by atoms with Crippen LogP contribution in [0.4, 0.5) is 0 Å². The molecule has 0 radical (unpaired) electrons. The molecule has 0 atom stereocenters. The monoisotopic (exact) mass is 579 g/mol. The molecule has 3 aromatic heterocycles. The summed E-state index contributed by atoms with van der Waals surface area (Å²) in [4.78, 5) is 44.6. The van der Waals surface area contributed by atoms with E-state index in [0.29, 0.717) is 14.6 Å². The van der Waals surface area contributed by atoms with E-state index >= 15 is 0 Å². The van der Waals surface area contributed by atoms with E-state index in [-0.39, 0.29) is 27.4 Å². The van der Waals surface area contributed by atoms with Crippen LogP contribution in [0.5, 0.6) is 0 Å². The maximum atomic E-state index is 13.8. The van der Waals surface area contributed by atoms with E-state index in [1.54, 1.807) is 45.0 Å². The fourth-order valence-electron chi connectivity index (χ4n) is 3.57. The zero-order chi connectivity index (χ0) is 23.3. The molecule has 0 aliphatic carbocycles. The van der Waals surface area contributed by atoms with Gasteiger partial charge in [0.2, 0.25) is 0 Å². The van der Waals surface area contributed by atoms with Gasteiger partial charge in [0.15, 0.2) is 5.82 Å². The Bertz CT molecular complexity index is 1520. The van der Waals surface area contributed by atoms with Crippen LogP contribution in [-0.2, 0) is 0 Å². The topological polar surface area (TPSA) is 91.8 Å². The molecule has 0 bridgehead atoms. The molecule has 0 spiro atoms. The Labute approximate surface area is 203 Å². The van der Waals surface area contributed by atoms with Crippen LogP contribution >= 0.6 is 43.5 Å². The van der Waals surface area contributed by atoms with Crippen molar-refractivity contribution in [2.45, 2.75) is 26.8 Å².